The molecule has 0 saturated carbocycles. The molecule has 0 spiro atoms. The third-order valence-electron chi connectivity index (χ3n) is 3.44. The van der Waals surface area contributed by atoms with E-state index in [4.69, 9.17) is 1.37 Å². The Kier molecular flexibility index (Phi) is 4.67. The summed E-state index contributed by atoms with van der Waals surface area (Å²) in [6, 6.07) is 6.37. The van der Waals surface area contributed by atoms with Crippen LogP contribution in [0.2, 0.25) is 0 Å². The zero-order valence-electron chi connectivity index (χ0n) is 15.1. The Hall–Kier alpha value is -1.11. The molecule has 1 rings (SSSR count). The van der Waals surface area contributed by atoms with E-state index in [1.807, 2.05) is 39.8 Å². The van der Waals surface area contributed by atoms with Gasteiger partial charge in [0.25, 0.3) is 0 Å². The summed E-state index contributed by atoms with van der Waals surface area (Å²) in [5.41, 5.74) is 2.00. The van der Waals surface area contributed by atoms with Crippen LogP contribution < -0.4 is 0 Å². The van der Waals surface area contributed by atoms with E-state index in [9.17, 15) is 4.79 Å². The first-order valence-corrected chi connectivity index (χ1v) is 7.50. The van der Waals surface area contributed by atoms with Crippen LogP contribution in [0.3, 0.4) is 0 Å². The molecular weight excluding hydrogens is 244 g/mol. The maximum absolute atomic E-state index is 12.8. The Balaban J connectivity index is 3.04. The fourth-order valence-corrected chi connectivity index (χ4v) is 2.67. The van der Waals surface area contributed by atoms with E-state index in [0.29, 0.717) is 11.8 Å². The predicted octanol–water partition coefficient (Wildman–Crippen LogP) is 5.21. The van der Waals surface area contributed by atoms with Crippen molar-refractivity contribution in [1.82, 2.24) is 0 Å². The summed E-state index contributed by atoms with van der Waals surface area (Å²) in [6.07, 6.45) is 1.62. The highest BCUT2D eigenvalue weighted by molar-refractivity contribution is 5.86. The van der Waals surface area contributed by atoms with E-state index in [-0.39, 0.29) is 16.7 Å². The summed E-state index contributed by atoms with van der Waals surface area (Å²) in [5.74, 6) is 0.344. The quantitative estimate of drug-likeness (QED) is 0.737. The second-order valence-electron chi connectivity index (χ2n) is 8.20. The van der Waals surface area contributed by atoms with Gasteiger partial charge in [0.2, 0.25) is 0 Å². The lowest BCUT2D eigenvalue weighted by Gasteiger charge is -2.30. The van der Waals surface area contributed by atoms with Crippen molar-refractivity contribution in [2.45, 2.75) is 61.3 Å². The number of hydrogen-bond acceptors (Lipinski definition) is 1. The zero-order valence-corrected chi connectivity index (χ0v) is 14.1. The number of Topliss-reactive ketones (excluding diaryl/α,β-unsaturated/α-hetero) is 1. The Morgan fingerprint density at radius 1 is 1.20 bits per heavy atom. The average molecular weight is 275 g/mol. The average Bonchev–Trinajstić information content (AvgIpc) is 2.22. The van der Waals surface area contributed by atoms with Gasteiger partial charge in [0.1, 0.15) is 5.78 Å². The minimum absolute atomic E-state index is 0.0196. The summed E-state index contributed by atoms with van der Waals surface area (Å²) in [4.78, 5) is 12.8. The van der Waals surface area contributed by atoms with Crippen molar-refractivity contribution in [3.05, 3.63) is 35.4 Å². The van der Waals surface area contributed by atoms with Crippen molar-refractivity contribution >= 4 is 5.78 Å². The number of rotatable bonds is 4. The zero-order chi connectivity index (χ0) is 16.4. The first kappa shape index (κ1) is 15.3. The van der Waals surface area contributed by atoms with Gasteiger partial charge in [-0.2, -0.15) is 0 Å². The van der Waals surface area contributed by atoms with Crippen LogP contribution in [-0.2, 0) is 11.2 Å². The van der Waals surface area contributed by atoms with Gasteiger partial charge in [-0.05, 0) is 30.7 Å². The first-order chi connectivity index (χ1) is 9.38. The van der Waals surface area contributed by atoms with Crippen LogP contribution >= 0.6 is 0 Å². The molecule has 1 atom stereocenters. The maximum atomic E-state index is 12.8. The molecule has 20 heavy (non-hydrogen) atoms. The standard InChI is InChI=1S/C19H30O/c1-14-9-8-10-15(11-14)12-16(13-18(2,3)4)17(20)19(5,6)7/h8-11,16H,12-13H2,1-7H3/t16-/m1/s1/i8D. The lowest BCUT2D eigenvalue weighted by molar-refractivity contribution is -0.131. The molecule has 0 aliphatic carbocycles. The minimum atomic E-state index is -0.316. The third kappa shape index (κ3) is 5.48. The summed E-state index contributed by atoms with van der Waals surface area (Å²) in [6.45, 7) is 14.5. The van der Waals surface area contributed by atoms with Crippen LogP contribution in [0.1, 0.15) is 60.5 Å². The van der Waals surface area contributed by atoms with Gasteiger partial charge in [-0.25, -0.2) is 0 Å². The van der Waals surface area contributed by atoms with E-state index < -0.39 is 0 Å². The van der Waals surface area contributed by atoms with Gasteiger partial charge in [-0.15, -0.1) is 0 Å². The lowest BCUT2D eigenvalue weighted by atomic mass is 9.73. The molecule has 0 unspecified atom stereocenters. The molecule has 0 bridgehead atoms. The van der Waals surface area contributed by atoms with E-state index in [1.165, 1.54) is 0 Å². The van der Waals surface area contributed by atoms with Crippen molar-refractivity contribution in [2.75, 3.05) is 0 Å². The Bertz CT molecular complexity index is 483. The van der Waals surface area contributed by atoms with Crippen molar-refractivity contribution in [2.24, 2.45) is 16.7 Å². The molecule has 1 heteroatoms. The predicted molar refractivity (Wildman–Crippen MR) is 86.9 cm³/mol. The molecule has 0 N–H and O–H groups in total. The number of hydrogen-bond donors (Lipinski definition) is 0. The molecule has 1 nitrogen and oxygen atoms in total. The van der Waals surface area contributed by atoms with Crippen LogP contribution in [0.5, 0.6) is 0 Å². The Morgan fingerprint density at radius 3 is 2.25 bits per heavy atom. The van der Waals surface area contributed by atoms with Gasteiger partial charge in [0, 0.05) is 11.3 Å². The highest BCUT2D eigenvalue weighted by atomic mass is 16.1. The van der Waals surface area contributed by atoms with Crippen molar-refractivity contribution < 1.29 is 6.17 Å². The number of ketones is 1. The van der Waals surface area contributed by atoms with Crippen LogP contribution in [0.4, 0.5) is 0 Å². The molecule has 0 aliphatic heterocycles. The summed E-state index contributed by atoms with van der Waals surface area (Å²) in [5, 5.41) is 0. The van der Waals surface area contributed by atoms with Crippen LogP contribution in [-0.4, -0.2) is 5.78 Å². The van der Waals surface area contributed by atoms with Gasteiger partial charge < -0.3 is 0 Å². The summed E-state index contributed by atoms with van der Waals surface area (Å²) >= 11 is 0. The molecule has 0 fully saturated rings. The largest absolute Gasteiger partial charge is 0.299 e. The molecule has 1 aromatic rings. The summed E-state index contributed by atoms with van der Waals surface area (Å²) < 4.78 is 7.85. The molecule has 112 valence electrons. The molecule has 0 heterocycles. The smallest absolute Gasteiger partial charge is 0.141 e. The van der Waals surface area contributed by atoms with Gasteiger partial charge in [0.05, 0.1) is 1.37 Å². The normalized spacial score (nSPS) is 14.8. The maximum Gasteiger partial charge on any atom is 0.141 e. The van der Waals surface area contributed by atoms with E-state index in [2.05, 4.69) is 26.8 Å². The fourth-order valence-electron chi connectivity index (χ4n) is 2.67. The molecule has 0 amide bonds. The molecule has 1 aromatic carbocycles. The highest BCUT2D eigenvalue weighted by Gasteiger charge is 2.32. The lowest BCUT2D eigenvalue weighted by Crippen LogP contribution is -2.32. The summed E-state index contributed by atoms with van der Waals surface area (Å²) in [7, 11) is 0. The number of benzene rings is 1. The van der Waals surface area contributed by atoms with Crippen molar-refractivity contribution in [3.63, 3.8) is 0 Å². The monoisotopic (exact) mass is 275 g/mol. The van der Waals surface area contributed by atoms with Gasteiger partial charge in [0.15, 0.2) is 0 Å². The molecule has 0 aromatic heterocycles. The second-order valence-corrected chi connectivity index (χ2v) is 8.20. The minimum Gasteiger partial charge on any atom is -0.299 e. The van der Waals surface area contributed by atoms with Crippen molar-refractivity contribution in [3.8, 4) is 0 Å². The van der Waals surface area contributed by atoms with Crippen LogP contribution in [0.15, 0.2) is 24.2 Å². The van der Waals surface area contributed by atoms with E-state index in [1.54, 1.807) is 0 Å². The van der Waals surface area contributed by atoms with Crippen LogP contribution in [0, 0.1) is 23.7 Å². The Morgan fingerprint density at radius 2 is 1.80 bits per heavy atom. The number of carbonyl (C=O) groups excluding carboxylic acids is 1. The Labute approximate surface area is 126 Å². The number of aryl methyl sites for hydroxylation is 1. The number of carbonyl (C=O) groups is 1. The topological polar surface area (TPSA) is 17.1 Å². The molecular formula is C19H30O. The second kappa shape index (κ2) is 6.11. The molecule has 0 aliphatic rings. The van der Waals surface area contributed by atoms with Crippen LogP contribution in [0.25, 0.3) is 0 Å². The van der Waals surface area contributed by atoms with E-state index >= 15 is 0 Å². The van der Waals surface area contributed by atoms with Gasteiger partial charge in [-0.1, -0.05) is 71.3 Å². The van der Waals surface area contributed by atoms with Crippen molar-refractivity contribution in [1.29, 1.82) is 0 Å². The fraction of sp³-hybridized carbons (Fsp3) is 0.632. The van der Waals surface area contributed by atoms with Gasteiger partial charge >= 0.3 is 0 Å². The first-order valence-electron chi connectivity index (χ1n) is 8.00. The van der Waals surface area contributed by atoms with E-state index in [0.717, 1.165) is 24.0 Å². The SMILES string of the molecule is [2H]c1cc(C)cc(C[C@H](CC(C)(C)C)C(=O)C(C)(C)C)c1. The molecule has 0 radical (unpaired) electrons. The third-order valence-corrected chi connectivity index (χ3v) is 3.44. The van der Waals surface area contributed by atoms with Gasteiger partial charge in [-0.3, -0.25) is 4.79 Å². The molecule has 0 saturated heterocycles. The highest BCUT2D eigenvalue weighted by Crippen LogP contribution is 2.32.